The van der Waals surface area contributed by atoms with Crippen molar-refractivity contribution in [2.24, 2.45) is 0 Å². The van der Waals surface area contributed by atoms with E-state index < -0.39 is 12.3 Å². The lowest BCUT2D eigenvalue weighted by Crippen LogP contribution is -2.29. The van der Waals surface area contributed by atoms with Crippen molar-refractivity contribution in [3.8, 4) is 0 Å². The van der Waals surface area contributed by atoms with E-state index in [2.05, 4.69) is 39.1 Å². The van der Waals surface area contributed by atoms with Crippen molar-refractivity contribution in [2.45, 2.75) is 19.2 Å². The zero-order chi connectivity index (χ0) is 17.7. The van der Waals surface area contributed by atoms with Gasteiger partial charge in [-0.3, -0.25) is 0 Å². The Morgan fingerprint density at radius 2 is 1.31 bits per heavy atom. The van der Waals surface area contributed by atoms with E-state index >= 15 is 0 Å². The van der Waals surface area contributed by atoms with Gasteiger partial charge in [-0.05, 0) is 31.2 Å². The predicted molar refractivity (Wildman–Crippen MR) is 103 cm³/mol. The molecule has 0 aliphatic heterocycles. The number of aromatic nitrogens is 4. The van der Waals surface area contributed by atoms with Crippen LogP contribution in [0.1, 0.15) is 13.1 Å². The first-order valence-electron chi connectivity index (χ1n) is 8.71. The van der Waals surface area contributed by atoms with E-state index in [1.807, 2.05) is 53.2 Å². The van der Waals surface area contributed by atoms with Crippen molar-refractivity contribution >= 4 is 32.8 Å². The number of para-hydroxylation sites is 3. The maximum atomic E-state index is 10.7. The molecule has 5 nitrogen and oxygen atoms in total. The Morgan fingerprint density at radius 3 is 1.92 bits per heavy atom. The number of nitrogens with zero attached hydrogens (tertiary/aromatic N) is 4. The Balaban J connectivity index is 1.88. The topological polar surface area (TPSA) is 55.9 Å². The number of aliphatic hydroxyl groups excluding tert-OH is 1. The summed E-state index contributed by atoms with van der Waals surface area (Å²) in [7, 11) is 0. The summed E-state index contributed by atoms with van der Waals surface area (Å²) in [5.41, 5.74) is 3.86. The third kappa shape index (κ3) is 2.07. The van der Waals surface area contributed by atoms with Gasteiger partial charge in [0.05, 0.1) is 22.7 Å². The van der Waals surface area contributed by atoms with Crippen LogP contribution in [-0.2, 0) is 0 Å². The molecule has 0 bridgehead atoms. The molecule has 0 amide bonds. The molecule has 2 aromatic heterocycles. The summed E-state index contributed by atoms with van der Waals surface area (Å²) in [6.45, 7) is 1.80. The summed E-state index contributed by atoms with van der Waals surface area (Å²) >= 11 is 0. The minimum atomic E-state index is -0.653. The highest BCUT2D eigenvalue weighted by Crippen LogP contribution is 2.34. The van der Waals surface area contributed by atoms with E-state index in [1.54, 1.807) is 6.92 Å². The lowest BCUT2D eigenvalue weighted by Gasteiger charge is -2.24. The molecule has 26 heavy (non-hydrogen) atoms. The van der Waals surface area contributed by atoms with Crippen molar-refractivity contribution in [2.75, 3.05) is 0 Å². The minimum absolute atomic E-state index is 0.396. The van der Waals surface area contributed by atoms with Gasteiger partial charge in [0.1, 0.15) is 5.52 Å². The molecule has 3 aromatic carbocycles. The quantitative estimate of drug-likeness (QED) is 0.540. The minimum Gasteiger partial charge on any atom is -0.389 e. The maximum absolute atomic E-state index is 10.7. The van der Waals surface area contributed by atoms with Crippen molar-refractivity contribution in [3.63, 3.8) is 0 Å². The number of aliphatic hydroxyl groups is 1. The standard InChI is InChI=1S/C21H18N4O/c1-14(26)21(25-20-13-7-4-10-17(20)22-23-25)24-18-11-5-2-8-15(18)16-9-3-6-12-19(16)24/h2-14,21,26H,1H3. The van der Waals surface area contributed by atoms with E-state index in [0.717, 1.165) is 32.8 Å². The second-order valence-corrected chi connectivity index (χ2v) is 6.58. The Morgan fingerprint density at radius 1 is 0.769 bits per heavy atom. The number of fused-ring (bicyclic) bond motifs is 4. The fourth-order valence-electron chi connectivity index (χ4n) is 3.85. The lowest BCUT2D eigenvalue weighted by atomic mass is 10.2. The highest BCUT2D eigenvalue weighted by atomic mass is 16.3. The van der Waals surface area contributed by atoms with Gasteiger partial charge in [-0.1, -0.05) is 53.7 Å². The molecular weight excluding hydrogens is 324 g/mol. The molecule has 0 saturated carbocycles. The van der Waals surface area contributed by atoms with E-state index in [-0.39, 0.29) is 0 Å². The van der Waals surface area contributed by atoms with Crippen molar-refractivity contribution in [1.82, 2.24) is 19.6 Å². The van der Waals surface area contributed by atoms with Crippen LogP contribution in [0.5, 0.6) is 0 Å². The zero-order valence-electron chi connectivity index (χ0n) is 14.3. The van der Waals surface area contributed by atoms with Crippen LogP contribution in [0.2, 0.25) is 0 Å². The summed E-state index contributed by atoms with van der Waals surface area (Å²) < 4.78 is 3.98. The van der Waals surface area contributed by atoms with Crippen molar-refractivity contribution in [3.05, 3.63) is 72.8 Å². The van der Waals surface area contributed by atoms with E-state index in [1.165, 1.54) is 0 Å². The molecule has 0 spiro atoms. The maximum Gasteiger partial charge on any atom is 0.155 e. The molecule has 1 N–H and O–H groups in total. The zero-order valence-corrected chi connectivity index (χ0v) is 14.3. The lowest BCUT2D eigenvalue weighted by molar-refractivity contribution is 0.112. The first kappa shape index (κ1) is 15.1. The van der Waals surface area contributed by atoms with Crippen LogP contribution in [-0.4, -0.2) is 30.8 Å². The molecule has 5 aromatic rings. The molecule has 0 saturated heterocycles. The molecular formula is C21H18N4O. The molecule has 0 fully saturated rings. The smallest absolute Gasteiger partial charge is 0.155 e. The Kier molecular flexibility index (Phi) is 3.30. The normalized spacial score (nSPS) is 14.2. The van der Waals surface area contributed by atoms with Crippen LogP contribution in [0.4, 0.5) is 0 Å². The van der Waals surface area contributed by atoms with Gasteiger partial charge in [-0.15, -0.1) is 5.10 Å². The van der Waals surface area contributed by atoms with Crippen molar-refractivity contribution in [1.29, 1.82) is 0 Å². The Hall–Kier alpha value is -3.18. The molecule has 2 heterocycles. The third-order valence-electron chi connectivity index (χ3n) is 4.94. The van der Waals surface area contributed by atoms with E-state index in [9.17, 15) is 5.11 Å². The molecule has 0 aliphatic rings. The summed E-state index contributed by atoms with van der Waals surface area (Å²) in [5, 5.41) is 21.7. The fraction of sp³-hybridized carbons (Fsp3) is 0.143. The van der Waals surface area contributed by atoms with Crippen molar-refractivity contribution < 1.29 is 5.11 Å². The molecule has 0 aliphatic carbocycles. The van der Waals surface area contributed by atoms with Gasteiger partial charge in [-0.2, -0.15) is 0 Å². The molecule has 5 heteroatoms. The Bertz CT molecular complexity index is 1180. The largest absolute Gasteiger partial charge is 0.389 e. The number of benzene rings is 3. The van der Waals surface area contributed by atoms with Gasteiger partial charge in [0.15, 0.2) is 6.17 Å². The molecule has 0 radical (unpaired) electrons. The number of hydrogen-bond acceptors (Lipinski definition) is 3. The second kappa shape index (κ2) is 5.68. The van der Waals surface area contributed by atoms with Crippen LogP contribution >= 0.6 is 0 Å². The highest BCUT2D eigenvalue weighted by molar-refractivity contribution is 6.08. The highest BCUT2D eigenvalue weighted by Gasteiger charge is 2.26. The molecule has 2 unspecified atom stereocenters. The summed E-state index contributed by atoms with van der Waals surface area (Å²) in [4.78, 5) is 0. The first-order valence-corrected chi connectivity index (χ1v) is 8.71. The van der Waals surface area contributed by atoms with Crippen LogP contribution in [0.25, 0.3) is 32.8 Å². The molecule has 5 rings (SSSR count). The predicted octanol–water partition coefficient (Wildman–Crippen LogP) is 3.97. The van der Waals surface area contributed by atoms with Gasteiger partial charge in [0, 0.05) is 10.8 Å². The first-order chi connectivity index (χ1) is 12.8. The average molecular weight is 342 g/mol. The summed E-state index contributed by atoms with van der Waals surface area (Å²) in [6, 6.07) is 24.4. The van der Waals surface area contributed by atoms with E-state index in [4.69, 9.17) is 0 Å². The number of rotatable bonds is 3. The molecule has 128 valence electrons. The van der Waals surface area contributed by atoms with Gasteiger partial charge in [0.25, 0.3) is 0 Å². The van der Waals surface area contributed by atoms with Gasteiger partial charge in [-0.25, -0.2) is 4.68 Å². The monoisotopic (exact) mass is 342 g/mol. The van der Waals surface area contributed by atoms with Crippen LogP contribution in [0.3, 0.4) is 0 Å². The third-order valence-corrected chi connectivity index (χ3v) is 4.94. The van der Waals surface area contributed by atoms with Gasteiger partial charge >= 0.3 is 0 Å². The summed E-state index contributed by atoms with van der Waals surface area (Å²) in [6.07, 6.45) is -1.05. The molecule has 2 atom stereocenters. The average Bonchev–Trinajstić information content (AvgIpc) is 3.23. The number of hydrogen-bond donors (Lipinski definition) is 1. The summed E-state index contributed by atoms with van der Waals surface area (Å²) in [5.74, 6) is 0. The second-order valence-electron chi connectivity index (χ2n) is 6.58. The Labute approximate surface area is 150 Å². The van der Waals surface area contributed by atoms with Crippen LogP contribution < -0.4 is 0 Å². The van der Waals surface area contributed by atoms with Gasteiger partial charge < -0.3 is 9.67 Å². The van der Waals surface area contributed by atoms with Crippen LogP contribution in [0, 0.1) is 0 Å². The van der Waals surface area contributed by atoms with Crippen LogP contribution in [0.15, 0.2) is 72.8 Å². The fourth-order valence-corrected chi connectivity index (χ4v) is 3.85. The van der Waals surface area contributed by atoms with Gasteiger partial charge in [0.2, 0.25) is 0 Å². The van der Waals surface area contributed by atoms with E-state index in [0.29, 0.717) is 0 Å². The SMILES string of the molecule is CC(O)C(n1nnc2ccccc21)n1c2ccccc2c2ccccc21.